The molecule has 0 aliphatic carbocycles. The number of halogens is 1. The van der Waals surface area contributed by atoms with Gasteiger partial charge >= 0.3 is 0 Å². The lowest BCUT2D eigenvalue weighted by atomic mass is 10.2. The molecule has 0 spiro atoms. The van der Waals surface area contributed by atoms with E-state index in [0.717, 1.165) is 45.9 Å². The predicted molar refractivity (Wildman–Crippen MR) is 101 cm³/mol. The Morgan fingerprint density at radius 1 is 0.960 bits per heavy atom. The summed E-state index contributed by atoms with van der Waals surface area (Å²) in [7, 11) is 0. The zero-order valence-electron chi connectivity index (χ0n) is 13.9. The van der Waals surface area contributed by atoms with Crippen LogP contribution >= 0.6 is 23.5 Å². The largest absolute Gasteiger partial charge is 0.302 e. The second-order valence-corrected chi connectivity index (χ2v) is 7.57. The number of hydrogen-bond acceptors (Lipinski definition) is 5. The molecule has 130 valence electrons. The standard InChI is InChI=1S/C18H19FN4S2/c1-2-11-23-17(14-7-9-20-10-8-14)21-22-18(23)25-13-12-24-16-5-3-15(19)4-6-16/h3-10H,2,11-13H2,1H3. The van der Waals surface area contributed by atoms with Crippen LogP contribution in [0.3, 0.4) is 0 Å². The Kier molecular flexibility index (Phi) is 6.47. The first-order chi connectivity index (χ1) is 12.3. The highest BCUT2D eigenvalue weighted by molar-refractivity contribution is 8.02. The fraction of sp³-hybridized carbons (Fsp3) is 0.278. The van der Waals surface area contributed by atoms with Crippen molar-refractivity contribution in [3.8, 4) is 11.4 Å². The van der Waals surface area contributed by atoms with E-state index in [1.807, 2.05) is 24.3 Å². The Bertz CT molecular complexity index is 791. The molecular formula is C18H19FN4S2. The van der Waals surface area contributed by atoms with Crippen molar-refractivity contribution in [1.29, 1.82) is 0 Å². The fourth-order valence-electron chi connectivity index (χ4n) is 2.36. The SMILES string of the molecule is CCCn1c(SCCSc2ccc(F)cc2)nnc1-c1ccncc1. The number of hydrogen-bond donors (Lipinski definition) is 0. The fourth-order valence-corrected chi connectivity index (χ4v) is 4.20. The van der Waals surface area contributed by atoms with Gasteiger partial charge in [0.15, 0.2) is 11.0 Å². The number of thioether (sulfide) groups is 2. The van der Waals surface area contributed by atoms with Gasteiger partial charge in [0.05, 0.1) is 0 Å². The minimum absolute atomic E-state index is 0.199. The highest BCUT2D eigenvalue weighted by Crippen LogP contribution is 2.26. The maximum absolute atomic E-state index is 12.9. The molecule has 0 radical (unpaired) electrons. The minimum Gasteiger partial charge on any atom is -0.302 e. The Balaban J connectivity index is 1.62. The molecule has 2 heterocycles. The average Bonchev–Trinajstić information content (AvgIpc) is 3.04. The lowest BCUT2D eigenvalue weighted by Crippen LogP contribution is -2.02. The molecule has 2 aromatic heterocycles. The zero-order valence-corrected chi connectivity index (χ0v) is 15.6. The number of pyridine rings is 1. The normalized spacial score (nSPS) is 11.0. The summed E-state index contributed by atoms with van der Waals surface area (Å²) in [5.74, 6) is 2.54. The van der Waals surface area contributed by atoms with Gasteiger partial charge in [-0.05, 0) is 42.8 Å². The molecule has 0 fully saturated rings. The molecule has 0 unspecified atom stereocenters. The molecule has 1 aromatic carbocycles. The summed E-state index contributed by atoms with van der Waals surface area (Å²) in [4.78, 5) is 5.14. The van der Waals surface area contributed by atoms with E-state index in [1.54, 1.807) is 35.9 Å². The maximum atomic E-state index is 12.9. The second-order valence-electron chi connectivity index (χ2n) is 5.34. The van der Waals surface area contributed by atoms with Crippen molar-refractivity contribution in [2.24, 2.45) is 0 Å². The summed E-state index contributed by atoms with van der Waals surface area (Å²) >= 11 is 3.42. The molecule has 0 N–H and O–H groups in total. The monoisotopic (exact) mass is 374 g/mol. The van der Waals surface area contributed by atoms with Gasteiger partial charge in [-0.1, -0.05) is 18.7 Å². The topological polar surface area (TPSA) is 43.6 Å². The molecule has 3 rings (SSSR count). The van der Waals surface area contributed by atoms with E-state index in [0.29, 0.717) is 0 Å². The third-order valence-electron chi connectivity index (χ3n) is 3.50. The molecule has 0 bridgehead atoms. The van der Waals surface area contributed by atoms with E-state index in [1.165, 1.54) is 12.1 Å². The van der Waals surface area contributed by atoms with Gasteiger partial charge in [0.1, 0.15) is 5.82 Å². The van der Waals surface area contributed by atoms with Crippen molar-refractivity contribution in [3.63, 3.8) is 0 Å². The van der Waals surface area contributed by atoms with E-state index in [9.17, 15) is 4.39 Å². The lowest BCUT2D eigenvalue weighted by Gasteiger charge is -2.08. The van der Waals surface area contributed by atoms with Crippen molar-refractivity contribution < 1.29 is 4.39 Å². The van der Waals surface area contributed by atoms with E-state index >= 15 is 0 Å². The maximum Gasteiger partial charge on any atom is 0.191 e. The molecule has 7 heteroatoms. The molecule has 0 saturated heterocycles. The molecule has 0 aliphatic heterocycles. The van der Waals surface area contributed by atoms with E-state index < -0.39 is 0 Å². The molecule has 0 atom stereocenters. The van der Waals surface area contributed by atoms with Crippen molar-refractivity contribution in [1.82, 2.24) is 19.7 Å². The van der Waals surface area contributed by atoms with Crippen LogP contribution in [0, 0.1) is 5.82 Å². The van der Waals surface area contributed by atoms with Crippen LogP contribution in [0.1, 0.15) is 13.3 Å². The van der Waals surface area contributed by atoms with Crippen LogP contribution in [-0.2, 0) is 6.54 Å². The van der Waals surface area contributed by atoms with Crippen molar-refractivity contribution in [3.05, 3.63) is 54.6 Å². The minimum atomic E-state index is -0.199. The van der Waals surface area contributed by atoms with Gasteiger partial charge in [-0.25, -0.2) is 4.39 Å². The summed E-state index contributed by atoms with van der Waals surface area (Å²) < 4.78 is 15.1. The molecule has 0 amide bonds. The van der Waals surface area contributed by atoms with Crippen LogP contribution in [0.5, 0.6) is 0 Å². The third-order valence-corrected chi connectivity index (χ3v) is 5.74. The summed E-state index contributed by atoms with van der Waals surface area (Å²) in [6, 6.07) is 10.5. The van der Waals surface area contributed by atoms with Gasteiger partial charge < -0.3 is 4.57 Å². The van der Waals surface area contributed by atoms with Crippen LogP contribution in [0.4, 0.5) is 4.39 Å². The quantitative estimate of drug-likeness (QED) is 0.420. The Labute approximate surface area is 155 Å². The third kappa shape index (κ3) is 4.83. The molecule has 4 nitrogen and oxygen atoms in total. The van der Waals surface area contributed by atoms with Crippen molar-refractivity contribution in [2.45, 2.75) is 29.9 Å². The first-order valence-electron chi connectivity index (χ1n) is 8.12. The Hall–Kier alpha value is -1.86. The summed E-state index contributed by atoms with van der Waals surface area (Å²) in [6.45, 7) is 3.03. The summed E-state index contributed by atoms with van der Waals surface area (Å²) in [5, 5.41) is 9.67. The summed E-state index contributed by atoms with van der Waals surface area (Å²) in [5.41, 5.74) is 1.03. The highest BCUT2D eigenvalue weighted by atomic mass is 32.2. The van der Waals surface area contributed by atoms with Gasteiger partial charge in [0, 0.05) is 40.9 Å². The number of nitrogens with zero attached hydrogens (tertiary/aromatic N) is 4. The number of rotatable bonds is 8. The predicted octanol–water partition coefficient (Wildman–Crippen LogP) is 4.77. The molecular weight excluding hydrogens is 355 g/mol. The first kappa shape index (κ1) is 17.9. The zero-order chi connectivity index (χ0) is 17.5. The molecule has 3 aromatic rings. The average molecular weight is 375 g/mol. The van der Waals surface area contributed by atoms with Crippen LogP contribution in [0.2, 0.25) is 0 Å². The van der Waals surface area contributed by atoms with E-state index in [4.69, 9.17) is 0 Å². The van der Waals surface area contributed by atoms with Crippen molar-refractivity contribution in [2.75, 3.05) is 11.5 Å². The first-order valence-corrected chi connectivity index (χ1v) is 10.1. The Morgan fingerprint density at radius 2 is 1.68 bits per heavy atom. The van der Waals surface area contributed by atoms with Gasteiger partial charge in [0.2, 0.25) is 0 Å². The van der Waals surface area contributed by atoms with E-state index in [-0.39, 0.29) is 5.82 Å². The Morgan fingerprint density at radius 3 is 2.40 bits per heavy atom. The van der Waals surface area contributed by atoms with Gasteiger partial charge in [0.25, 0.3) is 0 Å². The van der Waals surface area contributed by atoms with Crippen LogP contribution in [0.25, 0.3) is 11.4 Å². The number of benzene rings is 1. The molecule has 0 saturated carbocycles. The summed E-state index contributed by atoms with van der Waals surface area (Å²) in [6.07, 6.45) is 4.56. The second kappa shape index (κ2) is 9.01. The van der Waals surface area contributed by atoms with Gasteiger partial charge in [-0.2, -0.15) is 0 Å². The van der Waals surface area contributed by atoms with Crippen LogP contribution in [0.15, 0.2) is 58.8 Å². The van der Waals surface area contributed by atoms with E-state index in [2.05, 4.69) is 26.7 Å². The molecule has 25 heavy (non-hydrogen) atoms. The smallest absolute Gasteiger partial charge is 0.191 e. The molecule has 0 aliphatic rings. The van der Waals surface area contributed by atoms with Crippen LogP contribution < -0.4 is 0 Å². The van der Waals surface area contributed by atoms with Crippen LogP contribution in [-0.4, -0.2) is 31.3 Å². The number of aromatic nitrogens is 4. The lowest BCUT2D eigenvalue weighted by molar-refractivity contribution is 0.626. The van der Waals surface area contributed by atoms with Gasteiger partial charge in [-0.3, -0.25) is 4.98 Å². The van der Waals surface area contributed by atoms with Crippen molar-refractivity contribution >= 4 is 23.5 Å². The highest BCUT2D eigenvalue weighted by Gasteiger charge is 2.13. The van der Waals surface area contributed by atoms with Gasteiger partial charge in [-0.15, -0.1) is 22.0 Å².